The van der Waals surface area contributed by atoms with E-state index >= 15 is 0 Å². The van der Waals surface area contributed by atoms with Gasteiger partial charge in [-0.05, 0) is 41.7 Å². The van der Waals surface area contributed by atoms with Crippen molar-refractivity contribution in [3.63, 3.8) is 0 Å². The van der Waals surface area contributed by atoms with Gasteiger partial charge in [0.05, 0.1) is 15.9 Å². The van der Waals surface area contributed by atoms with Gasteiger partial charge in [-0.25, -0.2) is 0 Å². The summed E-state index contributed by atoms with van der Waals surface area (Å²) in [6, 6.07) is 0.487. The van der Waals surface area contributed by atoms with E-state index in [0.717, 1.165) is 23.0 Å². The van der Waals surface area contributed by atoms with Gasteiger partial charge in [0.1, 0.15) is 0 Å². The molecule has 1 rings (SSSR count). The lowest BCUT2D eigenvalue weighted by Crippen LogP contribution is -2.32. The Morgan fingerprint density at radius 2 is 2.00 bits per heavy atom. The van der Waals surface area contributed by atoms with Crippen LogP contribution in [-0.2, 0) is 13.5 Å². The lowest BCUT2D eigenvalue weighted by Gasteiger charge is -2.25. The van der Waals surface area contributed by atoms with E-state index in [0.29, 0.717) is 11.5 Å². The number of aromatic nitrogens is 2. The molecule has 1 atom stereocenters. The maximum Gasteiger partial charge on any atom is 0.0738 e. The fraction of sp³-hybridized carbons (Fsp3) is 0.769. The van der Waals surface area contributed by atoms with Crippen LogP contribution >= 0.6 is 15.9 Å². The fourth-order valence-corrected chi connectivity index (χ4v) is 2.65. The van der Waals surface area contributed by atoms with Crippen LogP contribution in [0.1, 0.15) is 38.6 Å². The largest absolute Gasteiger partial charge is 0.317 e. The maximum absolute atomic E-state index is 4.44. The normalized spacial score (nSPS) is 14.1. The average Bonchev–Trinajstić information content (AvgIpc) is 2.42. The molecule has 0 saturated heterocycles. The summed E-state index contributed by atoms with van der Waals surface area (Å²) >= 11 is 3.63. The van der Waals surface area contributed by atoms with Crippen LogP contribution in [-0.4, -0.2) is 22.9 Å². The Morgan fingerprint density at radius 1 is 1.41 bits per heavy atom. The predicted molar refractivity (Wildman–Crippen MR) is 76.3 cm³/mol. The SMILES string of the molecule is CNC(Cc1c(Br)c(C)nn1C)CC(C)(C)C. The lowest BCUT2D eigenvalue weighted by atomic mass is 9.86. The summed E-state index contributed by atoms with van der Waals surface area (Å²) in [5, 5.41) is 7.85. The Labute approximate surface area is 113 Å². The number of aryl methyl sites for hydroxylation is 2. The number of likely N-dealkylation sites (N-methyl/N-ethyl adjacent to an activating group) is 1. The van der Waals surface area contributed by atoms with Crippen LogP contribution in [0.3, 0.4) is 0 Å². The van der Waals surface area contributed by atoms with Gasteiger partial charge in [-0.3, -0.25) is 4.68 Å². The molecular formula is C13H24BrN3. The second kappa shape index (κ2) is 5.53. The van der Waals surface area contributed by atoms with Crippen molar-refractivity contribution in [2.24, 2.45) is 12.5 Å². The molecule has 0 amide bonds. The van der Waals surface area contributed by atoms with Gasteiger partial charge >= 0.3 is 0 Å². The molecule has 0 aromatic carbocycles. The molecule has 0 saturated carbocycles. The molecule has 17 heavy (non-hydrogen) atoms. The molecule has 0 fully saturated rings. The molecule has 98 valence electrons. The Balaban J connectivity index is 2.81. The number of nitrogens with one attached hydrogen (secondary N) is 1. The van der Waals surface area contributed by atoms with Crippen molar-refractivity contribution >= 4 is 15.9 Å². The van der Waals surface area contributed by atoms with Crippen molar-refractivity contribution in [2.75, 3.05) is 7.05 Å². The van der Waals surface area contributed by atoms with Gasteiger partial charge in [0, 0.05) is 19.5 Å². The molecule has 1 unspecified atom stereocenters. The van der Waals surface area contributed by atoms with Gasteiger partial charge in [0.15, 0.2) is 0 Å². The zero-order valence-corrected chi connectivity index (χ0v) is 13.3. The topological polar surface area (TPSA) is 29.9 Å². The summed E-state index contributed by atoms with van der Waals surface area (Å²) in [5.74, 6) is 0. The maximum atomic E-state index is 4.44. The van der Waals surface area contributed by atoms with Crippen molar-refractivity contribution in [3.8, 4) is 0 Å². The third kappa shape index (κ3) is 4.11. The zero-order valence-electron chi connectivity index (χ0n) is 11.8. The van der Waals surface area contributed by atoms with Crippen LogP contribution in [0.4, 0.5) is 0 Å². The summed E-state index contributed by atoms with van der Waals surface area (Å²) in [7, 11) is 4.05. The summed E-state index contributed by atoms with van der Waals surface area (Å²) in [6.45, 7) is 8.87. The first-order valence-electron chi connectivity index (χ1n) is 6.10. The number of halogens is 1. The zero-order chi connectivity index (χ0) is 13.2. The molecule has 0 aliphatic carbocycles. The molecular weight excluding hydrogens is 278 g/mol. The van der Waals surface area contributed by atoms with Crippen molar-refractivity contribution < 1.29 is 0 Å². The number of hydrogen-bond donors (Lipinski definition) is 1. The third-order valence-electron chi connectivity index (χ3n) is 2.97. The van der Waals surface area contributed by atoms with E-state index < -0.39 is 0 Å². The van der Waals surface area contributed by atoms with Gasteiger partial charge < -0.3 is 5.32 Å². The van der Waals surface area contributed by atoms with Crippen molar-refractivity contribution in [2.45, 2.75) is 46.6 Å². The number of rotatable bonds is 4. The predicted octanol–water partition coefficient (Wildman–Crippen LogP) is 3.06. The van der Waals surface area contributed by atoms with Crippen LogP contribution in [0.15, 0.2) is 4.47 Å². The smallest absolute Gasteiger partial charge is 0.0738 e. The highest BCUT2D eigenvalue weighted by Crippen LogP contribution is 2.26. The molecule has 0 bridgehead atoms. The van der Waals surface area contributed by atoms with E-state index in [1.807, 2.05) is 25.7 Å². The van der Waals surface area contributed by atoms with Gasteiger partial charge in [-0.1, -0.05) is 20.8 Å². The Morgan fingerprint density at radius 3 is 2.35 bits per heavy atom. The summed E-state index contributed by atoms with van der Waals surface area (Å²) in [5.41, 5.74) is 2.67. The van der Waals surface area contributed by atoms with Crippen molar-refractivity contribution in [1.82, 2.24) is 15.1 Å². The minimum absolute atomic E-state index is 0.341. The van der Waals surface area contributed by atoms with Crippen LogP contribution in [0.25, 0.3) is 0 Å². The van der Waals surface area contributed by atoms with E-state index in [2.05, 4.69) is 47.1 Å². The van der Waals surface area contributed by atoms with Gasteiger partial charge in [-0.2, -0.15) is 5.10 Å². The molecule has 1 N–H and O–H groups in total. The minimum Gasteiger partial charge on any atom is -0.317 e. The molecule has 1 aromatic heterocycles. The minimum atomic E-state index is 0.341. The molecule has 0 radical (unpaired) electrons. The van der Waals surface area contributed by atoms with Gasteiger partial charge in [0.25, 0.3) is 0 Å². The van der Waals surface area contributed by atoms with Crippen LogP contribution in [0, 0.1) is 12.3 Å². The number of hydrogen-bond acceptors (Lipinski definition) is 2. The van der Waals surface area contributed by atoms with E-state index in [1.165, 1.54) is 5.69 Å². The summed E-state index contributed by atoms with van der Waals surface area (Å²) < 4.78 is 3.13. The molecule has 1 aromatic rings. The lowest BCUT2D eigenvalue weighted by molar-refractivity contribution is 0.313. The monoisotopic (exact) mass is 301 g/mol. The molecule has 0 aliphatic rings. The first-order chi connectivity index (χ1) is 7.74. The van der Waals surface area contributed by atoms with Gasteiger partial charge in [-0.15, -0.1) is 0 Å². The second-order valence-electron chi connectivity index (χ2n) is 5.92. The van der Waals surface area contributed by atoms with E-state index in [9.17, 15) is 0 Å². The van der Waals surface area contributed by atoms with E-state index in [-0.39, 0.29) is 0 Å². The van der Waals surface area contributed by atoms with E-state index in [1.54, 1.807) is 0 Å². The van der Waals surface area contributed by atoms with Crippen molar-refractivity contribution in [1.29, 1.82) is 0 Å². The molecule has 4 heteroatoms. The first kappa shape index (κ1) is 14.7. The Kier molecular flexibility index (Phi) is 4.78. The van der Waals surface area contributed by atoms with Crippen LogP contribution in [0.5, 0.6) is 0 Å². The highest BCUT2D eigenvalue weighted by Gasteiger charge is 2.20. The standard InChI is InChI=1S/C13H24BrN3/c1-9-12(14)11(17(6)16-9)7-10(15-5)8-13(2,3)4/h10,15H,7-8H2,1-6H3. The van der Waals surface area contributed by atoms with Gasteiger partial charge in [0.2, 0.25) is 0 Å². The quantitative estimate of drug-likeness (QED) is 0.926. The third-order valence-corrected chi connectivity index (χ3v) is 4.00. The molecule has 0 spiro atoms. The summed E-state index contributed by atoms with van der Waals surface area (Å²) in [4.78, 5) is 0. The Hall–Kier alpha value is -0.350. The summed E-state index contributed by atoms with van der Waals surface area (Å²) in [6.07, 6.45) is 2.16. The number of nitrogens with zero attached hydrogens (tertiary/aromatic N) is 2. The highest BCUT2D eigenvalue weighted by molar-refractivity contribution is 9.10. The highest BCUT2D eigenvalue weighted by atomic mass is 79.9. The average molecular weight is 302 g/mol. The van der Waals surface area contributed by atoms with E-state index in [4.69, 9.17) is 0 Å². The second-order valence-corrected chi connectivity index (χ2v) is 6.72. The molecule has 0 aliphatic heterocycles. The Bertz CT molecular complexity index is 377. The molecule has 1 heterocycles. The molecule has 3 nitrogen and oxygen atoms in total. The first-order valence-corrected chi connectivity index (χ1v) is 6.89. The van der Waals surface area contributed by atoms with Crippen molar-refractivity contribution in [3.05, 3.63) is 15.9 Å². The van der Waals surface area contributed by atoms with Crippen LogP contribution < -0.4 is 5.32 Å². The fourth-order valence-electron chi connectivity index (χ4n) is 2.15. The van der Waals surface area contributed by atoms with Crippen LogP contribution in [0.2, 0.25) is 0 Å².